The minimum Gasteiger partial charge on any atom is -0.322 e. The molecule has 0 fully saturated rings. The molecule has 2 rings (SSSR count). The Morgan fingerprint density at radius 3 is 2.80 bits per heavy atom. The first kappa shape index (κ1) is 5.81. The lowest BCUT2D eigenvalue weighted by Gasteiger charge is -1.90. The van der Waals surface area contributed by atoms with Crippen LogP contribution in [0.3, 0.4) is 0 Å². The highest BCUT2D eigenvalue weighted by Crippen LogP contribution is 2.16. The first-order chi connectivity index (χ1) is 4.88. The summed E-state index contributed by atoms with van der Waals surface area (Å²) in [7, 11) is 0. The summed E-state index contributed by atoms with van der Waals surface area (Å²) in [6.07, 6.45) is 3.92. The normalized spacial score (nSPS) is 10.5. The molecule has 0 bridgehead atoms. The van der Waals surface area contributed by atoms with Gasteiger partial charge >= 0.3 is 0 Å². The molecule has 50 valence electrons. The van der Waals surface area contributed by atoms with Crippen LogP contribution in [0.15, 0.2) is 36.7 Å². The van der Waals surface area contributed by atoms with Crippen molar-refractivity contribution in [3.8, 4) is 0 Å². The predicted octanol–water partition coefficient (Wildman–Crippen LogP) is 2.59. The molecule has 2 heteroatoms. The third-order valence-electron chi connectivity index (χ3n) is 1.52. The summed E-state index contributed by atoms with van der Waals surface area (Å²) in [5.41, 5.74) is 1.06. The smallest absolute Gasteiger partial charge is 0.0660 e. The summed E-state index contributed by atoms with van der Waals surface area (Å²) in [4.78, 5) is 0. The third kappa shape index (κ3) is 0.711. The monoisotopic (exact) mass is 151 g/mol. The van der Waals surface area contributed by atoms with Crippen LogP contribution in [-0.4, -0.2) is 4.40 Å². The fourth-order valence-electron chi connectivity index (χ4n) is 1.02. The molecule has 0 aromatic carbocycles. The predicted molar refractivity (Wildman–Crippen MR) is 42.4 cm³/mol. The van der Waals surface area contributed by atoms with E-state index < -0.39 is 0 Å². The fraction of sp³-hybridized carbons (Fsp3) is 0. The maximum atomic E-state index is 5.85. The van der Waals surface area contributed by atoms with E-state index in [0.717, 1.165) is 10.5 Å². The molecule has 0 unspecified atom stereocenters. The van der Waals surface area contributed by atoms with E-state index in [-0.39, 0.29) is 0 Å². The lowest BCUT2D eigenvalue weighted by molar-refractivity contribution is 1.20. The van der Waals surface area contributed by atoms with E-state index >= 15 is 0 Å². The molecule has 0 saturated carbocycles. The van der Waals surface area contributed by atoms with Crippen molar-refractivity contribution in [1.82, 2.24) is 4.40 Å². The summed E-state index contributed by atoms with van der Waals surface area (Å²) in [6, 6.07) is 7.82. The second-order valence-corrected chi connectivity index (χ2v) is 2.56. The van der Waals surface area contributed by atoms with Crippen molar-refractivity contribution < 1.29 is 0 Å². The van der Waals surface area contributed by atoms with Gasteiger partial charge < -0.3 is 4.40 Å². The number of hydrogen-bond donors (Lipinski definition) is 0. The van der Waals surface area contributed by atoms with Crippen molar-refractivity contribution in [3.05, 3.63) is 41.7 Å². The van der Waals surface area contributed by atoms with Crippen LogP contribution in [0.25, 0.3) is 5.52 Å². The molecule has 0 saturated heterocycles. The van der Waals surface area contributed by atoms with Gasteiger partial charge in [-0.15, -0.1) is 0 Å². The van der Waals surface area contributed by atoms with Gasteiger partial charge in [0, 0.05) is 12.4 Å². The molecule has 0 N–H and O–H groups in total. The Morgan fingerprint density at radius 1 is 1.10 bits per heavy atom. The number of pyridine rings is 1. The molecule has 0 aliphatic rings. The second kappa shape index (κ2) is 2.03. The van der Waals surface area contributed by atoms with E-state index in [9.17, 15) is 0 Å². The Hall–Kier alpha value is -0.950. The number of aromatic nitrogens is 1. The molecular formula is C8H6ClN. The fourth-order valence-corrected chi connectivity index (χ4v) is 1.24. The van der Waals surface area contributed by atoms with Crippen molar-refractivity contribution in [2.24, 2.45) is 0 Å². The standard InChI is InChI=1S/C8H6ClN/c9-7-4-6-10-5-2-1-3-8(7)10/h1-6H. The zero-order chi connectivity index (χ0) is 6.97. The molecule has 0 aliphatic carbocycles. The van der Waals surface area contributed by atoms with Crippen LogP contribution in [0.4, 0.5) is 0 Å². The number of halogens is 1. The highest BCUT2D eigenvalue weighted by Gasteiger charge is 1.94. The Morgan fingerprint density at radius 2 is 2.00 bits per heavy atom. The summed E-state index contributed by atoms with van der Waals surface area (Å²) < 4.78 is 1.99. The van der Waals surface area contributed by atoms with Crippen LogP contribution < -0.4 is 0 Å². The molecule has 2 aromatic heterocycles. The Balaban J connectivity index is 2.93. The van der Waals surface area contributed by atoms with Gasteiger partial charge in [0.2, 0.25) is 0 Å². The van der Waals surface area contributed by atoms with Gasteiger partial charge in [-0.1, -0.05) is 17.7 Å². The van der Waals surface area contributed by atoms with Crippen molar-refractivity contribution in [2.45, 2.75) is 0 Å². The highest BCUT2D eigenvalue weighted by atomic mass is 35.5. The molecule has 0 radical (unpaired) electrons. The van der Waals surface area contributed by atoms with Crippen molar-refractivity contribution in [1.29, 1.82) is 0 Å². The molecule has 2 aromatic rings. The quantitative estimate of drug-likeness (QED) is 0.545. The largest absolute Gasteiger partial charge is 0.322 e. The van der Waals surface area contributed by atoms with Gasteiger partial charge in [0.1, 0.15) is 0 Å². The van der Waals surface area contributed by atoms with Crippen molar-refractivity contribution in [2.75, 3.05) is 0 Å². The number of hydrogen-bond acceptors (Lipinski definition) is 0. The Labute approximate surface area is 63.9 Å². The summed E-state index contributed by atoms with van der Waals surface area (Å²) >= 11 is 5.85. The maximum Gasteiger partial charge on any atom is 0.0660 e. The third-order valence-corrected chi connectivity index (χ3v) is 1.84. The van der Waals surface area contributed by atoms with Gasteiger partial charge in [0.05, 0.1) is 10.5 Å². The lowest BCUT2D eigenvalue weighted by atomic mass is 10.4. The molecular weight excluding hydrogens is 146 g/mol. The van der Waals surface area contributed by atoms with Crippen LogP contribution >= 0.6 is 11.6 Å². The van der Waals surface area contributed by atoms with Crippen molar-refractivity contribution in [3.63, 3.8) is 0 Å². The highest BCUT2D eigenvalue weighted by molar-refractivity contribution is 6.33. The van der Waals surface area contributed by atoms with E-state index in [1.54, 1.807) is 0 Å². The molecule has 0 amide bonds. The van der Waals surface area contributed by atoms with Gasteiger partial charge in [-0.2, -0.15) is 0 Å². The van der Waals surface area contributed by atoms with Crippen LogP contribution in [0.2, 0.25) is 5.02 Å². The van der Waals surface area contributed by atoms with Gasteiger partial charge in [-0.05, 0) is 18.2 Å². The molecule has 1 nitrogen and oxygen atoms in total. The zero-order valence-corrected chi connectivity index (χ0v) is 6.05. The van der Waals surface area contributed by atoms with Gasteiger partial charge in [-0.3, -0.25) is 0 Å². The first-order valence-electron chi connectivity index (χ1n) is 3.09. The minimum atomic E-state index is 0.806. The number of fused-ring (bicyclic) bond motifs is 1. The Bertz CT molecular complexity index is 351. The zero-order valence-electron chi connectivity index (χ0n) is 5.29. The summed E-state index contributed by atoms with van der Waals surface area (Å²) in [6.45, 7) is 0. The SMILES string of the molecule is Clc1ccn2ccccc12. The first-order valence-corrected chi connectivity index (χ1v) is 3.47. The van der Waals surface area contributed by atoms with Gasteiger partial charge in [0.15, 0.2) is 0 Å². The summed E-state index contributed by atoms with van der Waals surface area (Å²) in [5.74, 6) is 0. The number of nitrogens with zero attached hydrogens (tertiary/aromatic N) is 1. The molecule has 10 heavy (non-hydrogen) atoms. The van der Waals surface area contributed by atoms with E-state index in [1.165, 1.54) is 0 Å². The molecule has 0 aliphatic heterocycles. The maximum absolute atomic E-state index is 5.85. The minimum absolute atomic E-state index is 0.806. The van der Waals surface area contributed by atoms with Crippen LogP contribution in [0, 0.1) is 0 Å². The van der Waals surface area contributed by atoms with Gasteiger partial charge in [0.25, 0.3) is 0 Å². The average molecular weight is 152 g/mol. The van der Waals surface area contributed by atoms with E-state index in [2.05, 4.69) is 0 Å². The van der Waals surface area contributed by atoms with E-state index in [4.69, 9.17) is 11.6 Å². The van der Waals surface area contributed by atoms with Crippen LogP contribution in [0.5, 0.6) is 0 Å². The van der Waals surface area contributed by atoms with Gasteiger partial charge in [-0.25, -0.2) is 0 Å². The average Bonchev–Trinajstić information content (AvgIpc) is 2.34. The van der Waals surface area contributed by atoms with Crippen molar-refractivity contribution >= 4 is 17.1 Å². The van der Waals surface area contributed by atoms with E-state index in [1.807, 2.05) is 41.1 Å². The molecule has 0 atom stereocenters. The number of rotatable bonds is 0. The van der Waals surface area contributed by atoms with Crippen LogP contribution in [0.1, 0.15) is 0 Å². The second-order valence-electron chi connectivity index (χ2n) is 2.16. The van der Waals surface area contributed by atoms with E-state index in [0.29, 0.717) is 0 Å². The molecule has 2 heterocycles. The summed E-state index contributed by atoms with van der Waals surface area (Å²) in [5, 5.41) is 0.806. The lowest BCUT2D eigenvalue weighted by Crippen LogP contribution is -1.76. The topological polar surface area (TPSA) is 4.41 Å². The Kier molecular flexibility index (Phi) is 1.18. The van der Waals surface area contributed by atoms with Crippen LogP contribution in [-0.2, 0) is 0 Å². The molecule has 0 spiro atoms.